The Morgan fingerprint density at radius 1 is 1.06 bits per heavy atom. The number of benzene rings is 2. The number of piperazine rings is 1. The third kappa shape index (κ3) is 4.48. The summed E-state index contributed by atoms with van der Waals surface area (Å²) in [5.74, 6) is -0.0829. The van der Waals surface area contributed by atoms with Crippen LogP contribution in [-0.4, -0.2) is 42.2 Å². The number of ether oxygens (including phenoxy) is 1. The number of hydrogen-bond donors (Lipinski definition) is 1. The van der Waals surface area contributed by atoms with Gasteiger partial charge in [-0.2, -0.15) is 13.2 Å². The van der Waals surface area contributed by atoms with Gasteiger partial charge in [0.15, 0.2) is 0 Å². The van der Waals surface area contributed by atoms with Crippen molar-refractivity contribution in [2.75, 3.05) is 26.2 Å². The molecule has 0 radical (unpaired) electrons. The molecule has 9 heteroatoms. The lowest BCUT2D eigenvalue weighted by atomic mass is 9.98. The number of carbonyl (C=O) groups excluding carboxylic acids is 1. The van der Waals surface area contributed by atoms with Gasteiger partial charge in [-0.3, -0.25) is 9.88 Å². The average Bonchev–Trinajstić information content (AvgIpc) is 3.16. The Kier molecular flexibility index (Phi) is 6.81. The van der Waals surface area contributed by atoms with Gasteiger partial charge in [0, 0.05) is 31.7 Å². The summed E-state index contributed by atoms with van der Waals surface area (Å²) in [4.78, 5) is 18.0. The second-order valence-electron chi connectivity index (χ2n) is 8.19. The molecule has 2 aromatic carbocycles. The molecule has 1 saturated heterocycles. The lowest BCUT2D eigenvalue weighted by Gasteiger charge is -2.36. The quantitative estimate of drug-likeness (QED) is 0.534. The predicted octanol–water partition coefficient (Wildman–Crippen LogP) is 5.42. The van der Waals surface area contributed by atoms with Gasteiger partial charge >= 0.3 is 12.3 Å². The van der Waals surface area contributed by atoms with Crippen LogP contribution in [-0.2, 0) is 10.9 Å². The van der Waals surface area contributed by atoms with Crippen LogP contribution in [0.4, 0.5) is 18.0 Å². The summed E-state index contributed by atoms with van der Waals surface area (Å²) in [6.45, 7) is 1.38. The maximum Gasteiger partial charge on any atom is 0.433 e. The van der Waals surface area contributed by atoms with E-state index >= 15 is 0 Å². The maximum absolute atomic E-state index is 13.1. The molecule has 1 fully saturated rings. The van der Waals surface area contributed by atoms with Crippen molar-refractivity contribution < 1.29 is 22.7 Å². The minimum absolute atomic E-state index is 0. The van der Waals surface area contributed by atoms with Gasteiger partial charge in [-0.15, -0.1) is 12.4 Å². The summed E-state index contributed by atoms with van der Waals surface area (Å²) in [7, 11) is 0. The van der Waals surface area contributed by atoms with Crippen molar-refractivity contribution in [3.63, 3.8) is 0 Å². The number of nitrogens with zero attached hydrogens (tertiary/aromatic N) is 2. The molecule has 1 aromatic heterocycles. The Bertz CT molecular complexity index is 1140. The molecule has 1 unspecified atom stereocenters. The molecule has 1 N–H and O–H groups in total. The van der Waals surface area contributed by atoms with Gasteiger partial charge in [0.1, 0.15) is 12.3 Å². The third-order valence-corrected chi connectivity index (χ3v) is 6.27. The minimum atomic E-state index is -4.55. The fourth-order valence-corrected chi connectivity index (χ4v) is 4.71. The summed E-state index contributed by atoms with van der Waals surface area (Å²) in [5, 5.41) is 3.15. The fraction of sp³-hybridized carbons (Fsp3) is 0.280. The van der Waals surface area contributed by atoms with Crippen molar-refractivity contribution in [3.05, 3.63) is 89.2 Å². The van der Waals surface area contributed by atoms with E-state index in [9.17, 15) is 18.0 Å². The van der Waals surface area contributed by atoms with E-state index in [4.69, 9.17) is 4.74 Å². The van der Waals surface area contributed by atoms with Crippen LogP contribution in [0.25, 0.3) is 11.1 Å². The van der Waals surface area contributed by atoms with Gasteiger partial charge in [-0.05, 0) is 39.9 Å². The first kappa shape index (κ1) is 24.0. The highest BCUT2D eigenvalue weighted by Crippen LogP contribution is 2.44. The predicted molar refractivity (Wildman–Crippen MR) is 124 cm³/mol. The lowest BCUT2D eigenvalue weighted by Crippen LogP contribution is -2.49. The number of rotatable bonds is 3. The van der Waals surface area contributed by atoms with Crippen LogP contribution in [0.5, 0.6) is 0 Å². The van der Waals surface area contributed by atoms with Gasteiger partial charge in [-0.25, -0.2) is 4.79 Å². The topological polar surface area (TPSA) is 54.5 Å². The normalized spacial score (nSPS) is 17.5. The largest absolute Gasteiger partial charge is 0.448 e. The first-order chi connectivity index (χ1) is 15.9. The van der Waals surface area contributed by atoms with Gasteiger partial charge < -0.3 is 10.1 Å². The fourth-order valence-electron chi connectivity index (χ4n) is 4.71. The molecule has 0 bridgehead atoms. The second-order valence-corrected chi connectivity index (χ2v) is 8.19. The van der Waals surface area contributed by atoms with Crippen molar-refractivity contribution in [1.82, 2.24) is 15.2 Å². The first-order valence-electron chi connectivity index (χ1n) is 10.8. The minimum Gasteiger partial charge on any atom is -0.448 e. The van der Waals surface area contributed by atoms with E-state index < -0.39 is 24.0 Å². The number of alkyl halides is 3. The summed E-state index contributed by atoms with van der Waals surface area (Å²) >= 11 is 0. The highest BCUT2D eigenvalue weighted by atomic mass is 35.5. The zero-order valence-electron chi connectivity index (χ0n) is 18.1. The van der Waals surface area contributed by atoms with E-state index in [0.29, 0.717) is 25.2 Å². The van der Waals surface area contributed by atoms with Crippen LogP contribution in [0.3, 0.4) is 0 Å². The summed E-state index contributed by atoms with van der Waals surface area (Å²) in [6, 6.07) is 18.0. The molecule has 178 valence electrons. The summed E-state index contributed by atoms with van der Waals surface area (Å²) in [5.41, 5.74) is 3.87. The molecule has 1 amide bonds. The molecule has 2 aliphatic rings. The Hall–Kier alpha value is -3.10. The van der Waals surface area contributed by atoms with E-state index in [1.165, 1.54) is 11.0 Å². The molecule has 5 rings (SSSR count). The Morgan fingerprint density at radius 3 is 2.35 bits per heavy atom. The van der Waals surface area contributed by atoms with Crippen LogP contribution in [0.15, 0.2) is 66.9 Å². The number of carbonyl (C=O) groups is 1. The molecule has 0 spiro atoms. The van der Waals surface area contributed by atoms with Gasteiger partial charge in [0.25, 0.3) is 0 Å². The van der Waals surface area contributed by atoms with Crippen LogP contribution < -0.4 is 5.32 Å². The Morgan fingerprint density at radius 2 is 1.71 bits per heavy atom. The zero-order chi connectivity index (χ0) is 23.0. The molecule has 1 aliphatic heterocycles. The summed E-state index contributed by atoms with van der Waals surface area (Å²) in [6.07, 6.45) is -3.95. The smallest absolute Gasteiger partial charge is 0.433 e. The van der Waals surface area contributed by atoms with Crippen molar-refractivity contribution in [2.24, 2.45) is 0 Å². The van der Waals surface area contributed by atoms with Gasteiger partial charge in [0.2, 0.25) is 0 Å². The SMILES string of the molecule is Cl.O=C(OCC1c2ccccc2-c2ccccc21)N1CCNCC1c1ccnc(C(F)(F)F)c1. The summed E-state index contributed by atoms with van der Waals surface area (Å²) < 4.78 is 45.2. The monoisotopic (exact) mass is 489 g/mol. The molecule has 34 heavy (non-hydrogen) atoms. The zero-order valence-corrected chi connectivity index (χ0v) is 18.9. The van der Waals surface area contributed by atoms with Crippen LogP contribution in [0.2, 0.25) is 0 Å². The molecule has 2 heterocycles. The van der Waals surface area contributed by atoms with Crippen molar-refractivity contribution in [2.45, 2.75) is 18.1 Å². The molecular formula is C25H23ClF3N3O2. The van der Waals surface area contributed by atoms with Crippen molar-refractivity contribution in [1.29, 1.82) is 0 Å². The number of aromatic nitrogens is 1. The van der Waals surface area contributed by atoms with E-state index in [0.717, 1.165) is 34.5 Å². The molecule has 3 aromatic rings. The van der Waals surface area contributed by atoms with Crippen LogP contribution >= 0.6 is 12.4 Å². The van der Waals surface area contributed by atoms with E-state index in [-0.39, 0.29) is 24.9 Å². The van der Waals surface area contributed by atoms with E-state index in [1.54, 1.807) is 0 Å². The average molecular weight is 490 g/mol. The standard InChI is InChI=1S/C25H22F3N3O2.ClH/c26-25(27,28)23-13-16(9-10-30-23)22-14-29-11-12-31(22)24(32)33-15-21-19-7-3-1-5-17(19)18-6-2-4-8-20(18)21;/h1-10,13,21-22,29H,11-12,14-15H2;1H. The molecule has 5 nitrogen and oxygen atoms in total. The highest BCUT2D eigenvalue weighted by Gasteiger charge is 2.36. The lowest BCUT2D eigenvalue weighted by molar-refractivity contribution is -0.141. The third-order valence-electron chi connectivity index (χ3n) is 6.27. The maximum atomic E-state index is 13.1. The van der Waals surface area contributed by atoms with Gasteiger partial charge in [-0.1, -0.05) is 48.5 Å². The van der Waals surface area contributed by atoms with Crippen LogP contribution in [0.1, 0.15) is 34.3 Å². The Labute approximate surface area is 201 Å². The van der Waals surface area contributed by atoms with Crippen LogP contribution in [0, 0.1) is 0 Å². The number of halogens is 4. The molecule has 1 aliphatic carbocycles. The molecular weight excluding hydrogens is 467 g/mol. The number of pyridine rings is 1. The van der Waals surface area contributed by atoms with Gasteiger partial charge in [0.05, 0.1) is 6.04 Å². The first-order valence-corrected chi connectivity index (χ1v) is 10.8. The van der Waals surface area contributed by atoms with E-state index in [2.05, 4.69) is 22.4 Å². The second kappa shape index (κ2) is 9.64. The van der Waals surface area contributed by atoms with Crippen molar-refractivity contribution in [3.8, 4) is 11.1 Å². The number of hydrogen-bond acceptors (Lipinski definition) is 4. The highest BCUT2D eigenvalue weighted by molar-refractivity contribution is 5.85. The Balaban J connectivity index is 0.00000274. The number of fused-ring (bicyclic) bond motifs is 3. The van der Waals surface area contributed by atoms with E-state index in [1.807, 2.05) is 36.4 Å². The molecule has 1 atom stereocenters. The number of nitrogens with one attached hydrogen (secondary N) is 1. The molecule has 0 saturated carbocycles. The number of amides is 1. The van der Waals surface area contributed by atoms with Crippen molar-refractivity contribution >= 4 is 18.5 Å².